The van der Waals surface area contributed by atoms with Crippen LogP contribution in [0.3, 0.4) is 0 Å². The average Bonchev–Trinajstić information content (AvgIpc) is 2.79. The number of nitrogens with one attached hydrogen (secondary N) is 1. The van der Waals surface area contributed by atoms with Gasteiger partial charge in [0.25, 0.3) is 5.91 Å². The number of halogens is 1. The predicted octanol–water partition coefficient (Wildman–Crippen LogP) is 5.68. The number of fused-ring (bicyclic) bond motifs is 1. The Morgan fingerprint density at radius 1 is 0.906 bits per heavy atom. The standard InChI is InChI=1S/C25H19ClN2O4/c1-15-21(13-16-7-10-19(31-2)14-23(16)27-15)25(30)32-18-11-8-17(9-12-18)28-24(29)20-5-3-4-6-22(20)26/h3-14H,1-2H3,(H,28,29). The second kappa shape index (κ2) is 9.08. The van der Waals surface area contributed by atoms with Crippen molar-refractivity contribution in [3.8, 4) is 11.5 Å². The Hall–Kier alpha value is -3.90. The lowest BCUT2D eigenvalue weighted by Crippen LogP contribution is -2.13. The molecule has 160 valence electrons. The number of carbonyl (C=O) groups excluding carboxylic acids is 2. The van der Waals surface area contributed by atoms with E-state index in [2.05, 4.69) is 10.3 Å². The lowest BCUT2D eigenvalue weighted by Gasteiger charge is -2.10. The van der Waals surface area contributed by atoms with Crippen molar-refractivity contribution < 1.29 is 19.1 Å². The quantitative estimate of drug-likeness (QED) is 0.315. The second-order valence-corrected chi connectivity index (χ2v) is 7.44. The molecule has 0 spiro atoms. The first kappa shape index (κ1) is 21.3. The number of esters is 1. The predicted molar refractivity (Wildman–Crippen MR) is 124 cm³/mol. The minimum absolute atomic E-state index is 0.324. The van der Waals surface area contributed by atoms with E-state index in [1.54, 1.807) is 68.6 Å². The number of aryl methyl sites for hydroxylation is 1. The molecule has 4 aromatic rings. The van der Waals surface area contributed by atoms with E-state index in [4.69, 9.17) is 21.1 Å². The van der Waals surface area contributed by atoms with Crippen LogP contribution in [0.2, 0.25) is 5.02 Å². The summed E-state index contributed by atoms with van der Waals surface area (Å²) in [6.45, 7) is 1.75. The molecule has 3 aromatic carbocycles. The van der Waals surface area contributed by atoms with Crippen LogP contribution in [0, 0.1) is 6.92 Å². The van der Waals surface area contributed by atoms with Gasteiger partial charge in [-0.3, -0.25) is 9.78 Å². The van der Waals surface area contributed by atoms with Crippen LogP contribution in [0.4, 0.5) is 5.69 Å². The van der Waals surface area contributed by atoms with Crippen molar-refractivity contribution in [1.82, 2.24) is 4.98 Å². The first-order valence-electron chi connectivity index (χ1n) is 9.78. The normalized spacial score (nSPS) is 10.6. The molecule has 0 atom stereocenters. The summed E-state index contributed by atoms with van der Waals surface area (Å²) in [5.74, 6) is 0.205. The highest BCUT2D eigenvalue weighted by Crippen LogP contribution is 2.24. The summed E-state index contributed by atoms with van der Waals surface area (Å²) in [7, 11) is 1.59. The molecule has 0 saturated heterocycles. The highest BCUT2D eigenvalue weighted by atomic mass is 35.5. The Morgan fingerprint density at radius 3 is 2.34 bits per heavy atom. The Bertz CT molecular complexity index is 1320. The maximum absolute atomic E-state index is 12.7. The molecular weight excluding hydrogens is 428 g/mol. The van der Waals surface area contributed by atoms with Gasteiger partial charge < -0.3 is 14.8 Å². The van der Waals surface area contributed by atoms with Gasteiger partial charge in [-0.1, -0.05) is 23.7 Å². The van der Waals surface area contributed by atoms with E-state index in [1.807, 2.05) is 18.2 Å². The van der Waals surface area contributed by atoms with Gasteiger partial charge in [0.15, 0.2) is 0 Å². The molecule has 4 rings (SSSR count). The van der Waals surface area contributed by atoms with E-state index in [1.165, 1.54) is 0 Å². The third-order valence-corrected chi connectivity index (χ3v) is 5.21. The second-order valence-electron chi connectivity index (χ2n) is 7.03. The average molecular weight is 447 g/mol. The van der Waals surface area contributed by atoms with Crippen LogP contribution in [0.25, 0.3) is 10.9 Å². The largest absolute Gasteiger partial charge is 0.497 e. The van der Waals surface area contributed by atoms with Gasteiger partial charge in [0.05, 0.1) is 34.5 Å². The molecule has 1 heterocycles. The number of ether oxygens (including phenoxy) is 2. The molecule has 7 heteroatoms. The number of benzene rings is 3. The number of rotatable bonds is 5. The van der Waals surface area contributed by atoms with Crippen molar-refractivity contribution in [2.24, 2.45) is 0 Å². The van der Waals surface area contributed by atoms with Crippen LogP contribution in [0.15, 0.2) is 72.8 Å². The number of anilines is 1. The molecule has 0 unspecified atom stereocenters. The topological polar surface area (TPSA) is 77.5 Å². The van der Waals surface area contributed by atoms with Gasteiger partial charge in [0.1, 0.15) is 11.5 Å². The third kappa shape index (κ3) is 4.55. The van der Waals surface area contributed by atoms with Gasteiger partial charge in [-0.25, -0.2) is 4.79 Å². The highest BCUT2D eigenvalue weighted by Gasteiger charge is 2.15. The maximum Gasteiger partial charge on any atom is 0.345 e. The number of nitrogens with zero attached hydrogens (tertiary/aromatic N) is 1. The molecule has 0 aliphatic heterocycles. The van der Waals surface area contributed by atoms with Gasteiger partial charge in [-0.2, -0.15) is 0 Å². The molecule has 1 aromatic heterocycles. The molecule has 6 nitrogen and oxygen atoms in total. The first-order chi connectivity index (χ1) is 15.4. The van der Waals surface area contributed by atoms with Crippen LogP contribution in [0.5, 0.6) is 11.5 Å². The smallest absolute Gasteiger partial charge is 0.345 e. The van der Waals surface area contributed by atoms with E-state index in [-0.39, 0.29) is 5.91 Å². The highest BCUT2D eigenvalue weighted by molar-refractivity contribution is 6.34. The Kier molecular flexibility index (Phi) is 6.05. The Morgan fingerprint density at radius 2 is 1.62 bits per heavy atom. The number of methoxy groups -OCH3 is 1. The third-order valence-electron chi connectivity index (χ3n) is 4.88. The minimum Gasteiger partial charge on any atom is -0.497 e. The molecule has 0 radical (unpaired) electrons. The van der Waals surface area contributed by atoms with Gasteiger partial charge in [-0.15, -0.1) is 0 Å². The number of hydrogen-bond acceptors (Lipinski definition) is 5. The van der Waals surface area contributed by atoms with E-state index >= 15 is 0 Å². The lowest BCUT2D eigenvalue weighted by atomic mass is 10.1. The van der Waals surface area contributed by atoms with Crippen LogP contribution in [-0.4, -0.2) is 24.0 Å². The summed E-state index contributed by atoms with van der Waals surface area (Å²) in [5.41, 5.74) is 2.59. The van der Waals surface area contributed by atoms with Gasteiger partial charge in [-0.05, 0) is 61.5 Å². The minimum atomic E-state index is -0.513. The van der Waals surface area contributed by atoms with E-state index in [0.29, 0.717) is 39.0 Å². The molecule has 0 fully saturated rings. The van der Waals surface area contributed by atoms with Crippen molar-refractivity contribution in [1.29, 1.82) is 0 Å². The summed E-state index contributed by atoms with van der Waals surface area (Å²) < 4.78 is 10.7. The van der Waals surface area contributed by atoms with Crippen molar-refractivity contribution in [2.75, 3.05) is 12.4 Å². The Balaban J connectivity index is 1.47. The van der Waals surface area contributed by atoms with Gasteiger partial charge in [0.2, 0.25) is 0 Å². The van der Waals surface area contributed by atoms with Gasteiger partial charge >= 0.3 is 5.97 Å². The number of pyridine rings is 1. The van der Waals surface area contributed by atoms with Crippen LogP contribution >= 0.6 is 11.6 Å². The lowest BCUT2D eigenvalue weighted by molar-refractivity contribution is 0.0733. The van der Waals surface area contributed by atoms with Crippen molar-refractivity contribution in [3.05, 3.63) is 94.6 Å². The van der Waals surface area contributed by atoms with Crippen LogP contribution in [-0.2, 0) is 0 Å². The van der Waals surface area contributed by atoms with Gasteiger partial charge in [0, 0.05) is 17.1 Å². The fraction of sp³-hybridized carbons (Fsp3) is 0.0800. The van der Waals surface area contributed by atoms with Crippen LogP contribution < -0.4 is 14.8 Å². The van der Waals surface area contributed by atoms with E-state index < -0.39 is 5.97 Å². The zero-order valence-electron chi connectivity index (χ0n) is 17.4. The van der Waals surface area contributed by atoms with E-state index in [9.17, 15) is 9.59 Å². The molecule has 0 bridgehead atoms. The molecule has 32 heavy (non-hydrogen) atoms. The molecule has 1 N–H and O–H groups in total. The molecule has 0 aliphatic rings. The SMILES string of the molecule is COc1ccc2cc(C(=O)Oc3ccc(NC(=O)c4ccccc4Cl)cc3)c(C)nc2c1. The molecule has 1 amide bonds. The number of hydrogen-bond donors (Lipinski definition) is 1. The zero-order chi connectivity index (χ0) is 22.7. The summed E-state index contributed by atoms with van der Waals surface area (Å²) in [6, 6.07) is 20.5. The first-order valence-corrected chi connectivity index (χ1v) is 10.2. The molecular formula is C25H19ClN2O4. The monoisotopic (exact) mass is 446 g/mol. The summed E-state index contributed by atoms with van der Waals surface area (Å²) in [4.78, 5) is 29.6. The number of carbonyl (C=O) groups is 2. The summed E-state index contributed by atoms with van der Waals surface area (Å²) in [5, 5.41) is 3.94. The fourth-order valence-corrected chi connectivity index (χ4v) is 3.41. The summed E-state index contributed by atoms with van der Waals surface area (Å²) >= 11 is 6.06. The molecule has 0 aliphatic carbocycles. The maximum atomic E-state index is 12.7. The van der Waals surface area contributed by atoms with E-state index in [0.717, 1.165) is 10.9 Å². The molecule has 0 saturated carbocycles. The zero-order valence-corrected chi connectivity index (χ0v) is 18.1. The number of aromatic nitrogens is 1. The van der Waals surface area contributed by atoms with Crippen molar-refractivity contribution in [3.63, 3.8) is 0 Å². The fourth-order valence-electron chi connectivity index (χ4n) is 3.19. The van der Waals surface area contributed by atoms with Crippen molar-refractivity contribution >= 4 is 40.1 Å². The summed E-state index contributed by atoms with van der Waals surface area (Å²) in [6.07, 6.45) is 0. The Labute approximate surface area is 189 Å². The van der Waals surface area contributed by atoms with Crippen molar-refractivity contribution in [2.45, 2.75) is 6.92 Å². The van der Waals surface area contributed by atoms with Crippen LogP contribution in [0.1, 0.15) is 26.4 Å². The number of amides is 1.